The first kappa shape index (κ1) is 14.1. The maximum atomic E-state index is 6.05. The second-order valence-electron chi connectivity index (χ2n) is 6.51. The third-order valence-corrected chi connectivity index (χ3v) is 5.93. The molecule has 21 heavy (non-hydrogen) atoms. The first-order valence-corrected chi connectivity index (χ1v) is 8.33. The summed E-state index contributed by atoms with van der Waals surface area (Å²) in [4.78, 5) is 6.01. The van der Waals surface area contributed by atoms with Gasteiger partial charge in [0.05, 0.1) is 22.3 Å². The lowest BCUT2D eigenvalue weighted by molar-refractivity contribution is -0.146. The molecular weight excluding hydrogens is 309 g/mol. The Kier molecular flexibility index (Phi) is 3.55. The Labute approximate surface area is 134 Å². The van der Waals surface area contributed by atoms with Crippen LogP contribution in [0.1, 0.15) is 32.1 Å². The van der Waals surface area contributed by atoms with Crippen LogP contribution in [0.25, 0.3) is 0 Å². The van der Waals surface area contributed by atoms with Gasteiger partial charge in [-0.3, -0.25) is 4.84 Å². The van der Waals surface area contributed by atoms with Crippen molar-refractivity contribution in [2.24, 2.45) is 11.8 Å². The number of nitrogens with one attached hydrogen (secondary N) is 2. The number of hydrogen-bond acceptors (Lipinski definition) is 4. The number of rotatable bonds is 2. The maximum Gasteiger partial charge on any atom is 0.110 e. The Balaban J connectivity index is 1.45. The van der Waals surface area contributed by atoms with E-state index in [1.807, 2.05) is 17.3 Å². The van der Waals surface area contributed by atoms with Gasteiger partial charge in [-0.15, -0.1) is 10.7 Å². The Morgan fingerprint density at radius 1 is 1.19 bits per heavy atom. The van der Waals surface area contributed by atoms with Crippen molar-refractivity contribution in [3.05, 3.63) is 28.2 Å². The van der Waals surface area contributed by atoms with Crippen LogP contribution in [-0.4, -0.2) is 17.3 Å². The highest BCUT2D eigenvalue weighted by molar-refractivity contribution is 6.42. The molecule has 114 valence electrons. The average Bonchev–Trinajstić information content (AvgIpc) is 2.87. The van der Waals surface area contributed by atoms with Crippen LogP contribution < -0.4 is 11.0 Å². The molecule has 2 bridgehead atoms. The van der Waals surface area contributed by atoms with E-state index >= 15 is 0 Å². The van der Waals surface area contributed by atoms with Crippen LogP contribution in [0.4, 0.5) is 5.69 Å². The van der Waals surface area contributed by atoms with Crippen LogP contribution in [0.3, 0.4) is 0 Å². The van der Waals surface area contributed by atoms with Gasteiger partial charge in [-0.05, 0) is 62.1 Å². The van der Waals surface area contributed by atoms with Gasteiger partial charge >= 0.3 is 0 Å². The molecule has 4 aliphatic rings. The van der Waals surface area contributed by atoms with E-state index in [0.717, 1.165) is 18.2 Å². The minimum absolute atomic E-state index is 0.0234. The van der Waals surface area contributed by atoms with Crippen LogP contribution >= 0.6 is 23.2 Å². The molecule has 1 atom stereocenters. The second kappa shape index (κ2) is 5.28. The monoisotopic (exact) mass is 327 g/mol. The number of anilines is 1. The molecule has 6 heteroatoms. The fourth-order valence-electron chi connectivity index (χ4n) is 4.13. The molecule has 0 unspecified atom stereocenters. The van der Waals surface area contributed by atoms with Crippen LogP contribution in [0.2, 0.25) is 10.0 Å². The molecular formula is C15H19Cl2N3O. The molecule has 1 aromatic carbocycles. The summed E-state index contributed by atoms with van der Waals surface area (Å²) in [5.74, 6) is 1.51. The lowest BCUT2D eigenvalue weighted by Crippen LogP contribution is -2.50. The number of hydrazine groups is 2. The largest absolute Gasteiger partial charge is 0.304 e. The van der Waals surface area contributed by atoms with E-state index in [4.69, 9.17) is 28.0 Å². The normalized spacial score (nSPS) is 35.5. The Morgan fingerprint density at radius 3 is 2.67 bits per heavy atom. The summed E-state index contributed by atoms with van der Waals surface area (Å²) in [5, 5.41) is 3.03. The first-order chi connectivity index (χ1) is 10.1. The van der Waals surface area contributed by atoms with Crippen molar-refractivity contribution in [2.45, 2.75) is 37.7 Å². The molecule has 1 spiro atoms. The third kappa shape index (κ3) is 2.53. The van der Waals surface area contributed by atoms with Gasteiger partial charge < -0.3 is 5.43 Å². The zero-order valence-corrected chi connectivity index (χ0v) is 13.3. The highest BCUT2D eigenvalue weighted by atomic mass is 35.5. The highest BCUT2D eigenvalue weighted by Gasteiger charge is 2.52. The summed E-state index contributed by atoms with van der Waals surface area (Å²) in [5.41, 5.74) is 7.20. The van der Waals surface area contributed by atoms with Gasteiger partial charge in [0.15, 0.2) is 0 Å². The molecule has 0 amide bonds. The molecule has 1 aliphatic heterocycles. The first-order valence-electron chi connectivity index (χ1n) is 7.57. The summed E-state index contributed by atoms with van der Waals surface area (Å²) in [6.07, 6.45) is 6.51. The molecule has 1 heterocycles. The molecule has 2 N–H and O–H groups in total. The van der Waals surface area contributed by atoms with Crippen molar-refractivity contribution in [1.82, 2.24) is 10.7 Å². The lowest BCUT2D eigenvalue weighted by Gasteiger charge is -2.47. The van der Waals surface area contributed by atoms with E-state index in [-0.39, 0.29) is 5.60 Å². The van der Waals surface area contributed by atoms with Gasteiger partial charge in [-0.2, -0.15) is 0 Å². The smallest absolute Gasteiger partial charge is 0.110 e. The van der Waals surface area contributed by atoms with Gasteiger partial charge in [-0.1, -0.05) is 23.2 Å². The summed E-state index contributed by atoms with van der Waals surface area (Å²) in [6, 6.07) is 5.53. The highest BCUT2D eigenvalue weighted by Crippen LogP contribution is 2.50. The number of benzene rings is 1. The van der Waals surface area contributed by atoms with Crippen molar-refractivity contribution < 1.29 is 4.84 Å². The van der Waals surface area contributed by atoms with Gasteiger partial charge in [0.2, 0.25) is 0 Å². The standard InChI is InChI=1S/C15H19Cl2N3O/c16-13-6-5-12(7-14(13)17)18-20-9-15(21-19-20)8-10-1-3-11(15)4-2-10/h5-7,10-11,18-19H,1-4,8-9H2/t10?,11?,15-/m0/s1. The quantitative estimate of drug-likeness (QED) is 0.860. The van der Waals surface area contributed by atoms with Crippen molar-refractivity contribution in [1.29, 1.82) is 0 Å². The number of hydrogen-bond donors (Lipinski definition) is 2. The van der Waals surface area contributed by atoms with Crippen LogP contribution in [0, 0.1) is 11.8 Å². The van der Waals surface area contributed by atoms with Crippen LogP contribution in [0.15, 0.2) is 18.2 Å². The molecule has 3 saturated carbocycles. The summed E-state index contributed by atoms with van der Waals surface area (Å²) in [7, 11) is 0. The van der Waals surface area contributed by atoms with Crippen molar-refractivity contribution in [2.75, 3.05) is 12.0 Å². The predicted molar refractivity (Wildman–Crippen MR) is 83.8 cm³/mol. The van der Waals surface area contributed by atoms with Crippen molar-refractivity contribution in [3.63, 3.8) is 0 Å². The fourth-order valence-corrected chi connectivity index (χ4v) is 4.43. The summed E-state index contributed by atoms with van der Waals surface area (Å²) < 4.78 is 0. The number of fused-ring (bicyclic) bond motifs is 2. The van der Waals surface area contributed by atoms with Crippen molar-refractivity contribution >= 4 is 28.9 Å². The van der Waals surface area contributed by atoms with Crippen molar-refractivity contribution in [3.8, 4) is 0 Å². The molecule has 0 aromatic heterocycles. The van der Waals surface area contributed by atoms with Gasteiger partial charge in [0.25, 0.3) is 0 Å². The summed E-state index contributed by atoms with van der Waals surface area (Å²) in [6.45, 7) is 0.856. The van der Waals surface area contributed by atoms with E-state index in [9.17, 15) is 0 Å². The van der Waals surface area contributed by atoms with E-state index < -0.39 is 0 Å². The van der Waals surface area contributed by atoms with E-state index in [0.29, 0.717) is 16.0 Å². The third-order valence-electron chi connectivity index (χ3n) is 5.19. The Hall–Kier alpha value is -0.520. The molecule has 4 fully saturated rings. The topological polar surface area (TPSA) is 36.5 Å². The van der Waals surface area contributed by atoms with E-state index in [2.05, 4.69) is 11.0 Å². The molecule has 1 saturated heterocycles. The Morgan fingerprint density at radius 2 is 2.00 bits per heavy atom. The second-order valence-corrected chi connectivity index (χ2v) is 7.32. The number of halogens is 2. The fraction of sp³-hybridized carbons (Fsp3) is 0.600. The number of nitrogens with zero attached hydrogens (tertiary/aromatic N) is 1. The van der Waals surface area contributed by atoms with Crippen LogP contribution in [-0.2, 0) is 4.84 Å². The van der Waals surface area contributed by atoms with E-state index in [1.54, 1.807) is 6.07 Å². The zero-order valence-electron chi connectivity index (χ0n) is 11.7. The average molecular weight is 328 g/mol. The molecule has 5 rings (SSSR count). The van der Waals surface area contributed by atoms with E-state index in [1.165, 1.54) is 32.1 Å². The predicted octanol–water partition coefficient (Wildman–Crippen LogP) is 4.02. The van der Waals surface area contributed by atoms with Crippen LogP contribution in [0.5, 0.6) is 0 Å². The van der Waals surface area contributed by atoms with Gasteiger partial charge in [0.1, 0.15) is 5.60 Å². The Bertz CT molecular complexity index is 548. The molecule has 4 nitrogen and oxygen atoms in total. The molecule has 1 aromatic rings. The van der Waals surface area contributed by atoms with Gasteiger partial charge in [0, 0.05) is 0 Å². The zero-order chi connectivity index (χ0) is 14.4. The summed E-state index contributed by atoms with van der Waals surface area (Å²) >= 11 is 12.0. The molecule has 3 aliphatic carbocycles. The SMILES string of the molecule is Clc1ccc(NN2C[C@]3(CC4CCC3CC4)ON2)cc1Cl. The molecule has 0 radical (unpaired) electrons. The lowest BCUT2D eigenvalue weighted by atomic mass is 9.62. The minimum Gasteiger partial charge on any atom is -0.304 e. The minimum atomic E-state index is -0.0234. The van der Waals surface area contributed by atoms with Gasteiger partial charge in [-0.25, -0.2) is 0 Å². The maximum absolute atomic E-state index is 6.05.